The largest absolute Gasteiger partial charge is 0.497 e. The molecule has 0 saturated carbocycles. The van der Waals surface area contributed by atoms with Gasteiger partial charge >= 0.3 is 0 Å². The summed E-state index contributed by atoms with van der Waals surface area (Å²) in [5.41, 5.74) is 5.92. The first-order valence-corrected chi connectivity index (χ1v) is 13.8. The molecule has 4 heteroatoms. The van der Waals surface area contributed by atoms with Crippen molar-refractivity contribution in [2.24, 2.45) is 16.7 Å². The lowest BCUT2D eigenvalue weighted by molar-refractivity contribution is 0.325. The summed E-state index contributed by atoms with van der Waals surface area (Å²) in [6.45, 7) is 14.4. The molecule has 2 nitrogen and oxygen atoms in total. The maximum atomic E-state index is 5.47. The fourth-order valence-corrected chi connectivity index (χ4v) is 10.5. The number of ether oxygens (including phenoxy) is 2. The third-order valence-electron chi connectivity index (χ3n) is 7.69. The molecule has 2 aliphatic heterocycles. The van der Waals surface area contributed by atoms with Gasteiger partial charge in [0, 0.05) is 11.2 Å². The van der Waals surface area contributed by atoms with Gasteiger partial charge < -0.3 is 9.47 Å². The molecule has 1 aliphatic carbocycles. The maximum Gasteiger partial charge on any atom is 0.118 e. The molecule has 1 fully saturated rings. The van der Waals surface area contributed by atoms with Crippen LogP contribution in [0.5, 0.6) is 11.5 Å². The van der Waals surface area contributed by atoms with Crippen molar-refractivity contribution in [1.29, 1.82) is 0 Å². The van der Waals surface area contributed by atoms with Gasteiger partial charge in [0.2, 0.25) is 0 Å². The number of hydrogen-bond donors (Lipinski definition) is 0. The quantitative estimate of drug-likeness (QED) is 0.400. The summed E-state index contributed by atoms with van der Waals surface area (Å²) in [6, 6.07) is 17.4. The van der Waals surface area contributed by atoms with Gasteiger partial charge in [-0.25, -0.2) is 0 Å². The Morgan fingerprint density at radius 2 is 1.32 bits per heavy atom. The summed E-state index contributed by atoms with van der Waals surface area (Å²) in [7, 11) is 3.47. The lowest BCUT2D eigenvalue weighted by atomic mass is 9.73. The van der Waals surface area contributed by atoms with Gasteiger partial charge in [0.05, 0.1) is 19.0 Å². The molecule has 1 saturated heterocycles. The number of rotatable bonds is 4. The Morgan fingerprint density at radius 1 is 0.765 bits per heavy atom. The molecular weight excluding hydrogens is 456 g/mol. The Bertz CT molecular complexity index is 1150. The Hall–Kier alpha value is -1.78. The van der Waals surface area contributed by atoms with Crippen molar-refractivity contribution in [3.63, 3.8) is 0 Å². The minimum atomic E-state index is -0.129. The van der Waals surface area contributed by atoms with Crippen LogP contribution in [-0.2, 0) is 4.08 Å². The normalized spacial score (nSPS) is 30.1. The second-order valence-electron chi connectivity index (χ2n) is 11.7. The summed E-state index contributed by atoms with van der Waals surface area (Å²) in [6.07, 6.45) is 5.27. The SMILES string of the molecule is COc1ccc(C2=C[C@@]3(c4ccc(OC)cc4)S[C@H]4[C@@H]2C(C(C)(C)C)=C[C@@]4(C(C)(C)C)S3)cc1. The predicted molar refractivity (Wildman–Crippen MR) is 148 cm³/mol. The highest BCUT2D eigenvalue weighted by Crippen LogP contribution is 2.78. The molecule has 0 N–H and O–H groups in total. The van der Waals surface area contributed by atoms with E-state index in [1.807, 2.05) is 0 Å². The van der Waals surface area contributed by atoms with E-state index in [9.17, 15) is 0 Å². The van der Waals surface area contributed by atoms with Gasteiger partial charge in [0.25, 0.3) is 0 Å². The highest BCUT2D eigenvalue weighted by Gasteiger charge is 2.68. The Kier molecular flexibility index (Phi) is 5.54. The summed E-state index contributed by atoms with van der Waals surface area (Å²) in [5, 5.41) is 0.482. The van der Waals surface area contributed by atoms with Crippen molar-refractivity contribution in [3.8, 4) is 11.5 Å². The van der Waals surface area contributed by atoms with Crippen LogP contribution in [0.15, 0.2) is 66.3 Å². The summed E-state index contributed by atoms with van der Waals surface area (Å²) < 4.78 is 10.9. The standard InChI is InChI=1S/C30H36O2S2/c1-27(2,3)24-18-29(28(4,5)6)26-25(24)23(19-9-13-21(31-7)14-10-19)17-30(33-26,34-29)20-11-15-22(32-8)16-12-20/h9-18,25-26H,1-8H3/t25-,26-,29+,30+/m0/s1. The smallest absolute Gasteiger partial charge is 0.118 e. The number of thioether (sulfide) groups is 2. The molecule has 0 unspecified atom stereocenters. The zero-order valence-electron chi connectivity index (χ0n) is 21.6. The van der Waals surface area contributed by atoms with Gasteiger partial charge in [-0.05, 0) is 57.9 Å². The zero-order chi connectivity index (χ0) is 24.5. The Labute approximate surface area is 213 Å². The molecule has 2 heterocycles. The van der Waals surface area contributed by atoms with Crippen LogP contribution in [0.25, 0.3) is 5.57 Å². The number of allylic oxidation sites excluding steroid dienone is 2. The molecule has 2 bridgehead atoms. The fourth-order valence-electron chi connectivity index (χ4n) is 5.77. The van der Waals surface area contributed by atoms with E-state index in [1.54, 1.807) is 19.8 Å². The average Bonchev–Trinajstić information content (AvgIpc) is 3.27. The zero-order valence-corrected chi connectivity index (χ0v) is 23.2. The molecule has 2 aromatic carbocycles. The van der Waals surface area contributed by atoms with E-state index in [2.05, 4.69) is 126 Å². The molecule has 0 aromatic heterocycles. The van der Waals surface area contributed by atoms with Gasteiger partial charge in [-0.2, -0.15) is 0 Å². The van der Waals surface area contributed by atoms with E-state index < -0.39 is 0 Å². The maximum absolute atomic E-state index is 5.47. The molecule has 5 rings (SSSR count). The van der Waals surface area contributed by atoms with Gasteiger partial charge in [-0.15, -0.1) is 23.5 Å². The number of benzene rings is 2. The molecule has 0 amide bonds. The van der Waals surface area contributed by atoms with Crippen molar-refractivity contribution >= 4 is 29.1 Å². The second kappa shape index (κ2) is 7.86. The van der Waals surface area contributed by atoms with Gasteiger partial charge in [0.15, 0.2) is 0 Å². The molecule has 180 valence electrons. The van der Waals surface area contributed by atoms with Crippen LogP contribution in [-0.4, -0.2) is 24.2 Å². The molecule has 2 aromatic rings. The number of fused-ring (bicyclic) bond motifs is 1. The van der Waals surface area contributed by atoms with Gasteiger partial charge in [-0.1, -0.05) is 77.5 Å². The first-order chi connectivity index (χ1) is 15.9. The van der Waals surface area contributed by atoms with Gasteiger partial charge in [0.1, 0.15) is 15.6 Å². The van der Waals surface area contributed by atoms with E-state index in [0.29, 0.717) is 11.2 Å². The monoisotopic (exact) mass is 492 g/mol. The van der Waals surface area contributed by atoms with Crippen LogP contribution < -0.4 is 9.47 Å². The third kappa shape index (κ3) is 3.47. The number of methoxy groups -OCH3 is 2. The Morgan fingerprint density at radius 3 is 1.82 bits per heavy atom. The molecule has 0 radical (unpaired) electrons. The number of hydrogen-bond acceptors (Lipinski definition) is 4. The van der Waals surface area contributed by atoms with Crippen molar-refractivity contribution in [2.75, 3.05) is 14.2 Å². The third-order valence-corrected chi connectivity index (χ3v) is 12.0. The Balaban J connectivity index is 1.74. The van der Waals surface area contributed by atoms with E-state index in [0.717, 1.165) is 11.5 Å². The van der Waals surface area contributed by atoms with Crippen LogP contribution in [0.3, 0.4) is 0 Å². The summed E-state index contributed by atoms with van der Waals surface area (Å²) in [4.78, 5) is 0. The van der Waals surface area contributed by atoms with Crippen molar-refractivity contribution in [2.45, 2.75) is 55.6 Å². The van der Waals surface area contributed by atoms with Crippen LogP contribution in [0.4, 0.5) is 0 Å². The lowest BCUT2D eigenvalue weighted by Crippen LogP contribution is -2.43. The summed E-state index contributed by atoms with van der Waals surface area (Å²) >= 11 is 4.33. The fraction of sp³-hybridized carbons (Fsp3) is 0.467. The minimum absolute atomic E-state index is 0.0512. The minimum Gasteiger partial charge on any atom is -0.497 e. The van der Waals surface area contributed by atoms with Crippen LogP contribution in [0.1, 0.15) is 52.7 Å². The van der Waals surface area contributed by atoms with E-state index in [-0.39, 0.29) is 19.7 Å². The summed E-state index contributed by atoms with van der Waals surface area (Å²) in [5.74, 6) is 2.21. The molecule has 4 atom stereocenters. The van der Waals surface area contributed by atoms with Crippen LogP contribution in [0, 0.1) is 16.7 Å². The van der Waals surface area contributed by atoms with Crippen molar-refractivity contribution < 1.29 is 9.47 Å². The van der Waals surface area contributed by atoms with Crippen LogP contribution >= 0.6 is 23.5 Å². The molecular formula is C30H36O2S2. The highest BCUT2D eigenvalue weighted by atomic mass is 32.2. The predicted octanol–water partition coefficient (Wildman–Crippen LogP) is 8.19. The second-order valence-corrected chi connectivity index (χ2v) is 14.9. The molecule has 3 aliphatic rings. The average molecular weight is 493 g/mol. The van der Waals surface area contributed by atoms with E-state index in [4.69, 9.17) is 9.47 Å². The topological polar surface area (TPSA) is 18.5 Å². The van der Waals surface area contributed by atoms with Crippen LogP contribution in [0.2, 0.25) is 0 Å². The van der Waals surface area contributed by atoms with Crippen molar-refractivity contribution in [3.05, 3.63) is 77.4 Å². The molecule has 34 heavy (non-hydrogen) atoms. The van der Waals surface area contributed by atoms with Gasteiger partial charge in [-0.3, -0.25) is 0 Å². The van der Waals surface area contributed by atoms with E-state index >= 15 is 0 Å². The lowest BCUT2D eigenvalue weighted by Gasteiger charge is -2.41. The highest BCUT2D eigenvalue weighted by molar-refractivity contribution is 8.22. The van der Waals surface area contributed by atoms with Crippen molar-refractivity contribution in [1.82, 2.24) is 0 Å². The molecule has 0 spiro atoms. The first kappa shape index (κ1) is 23.9. The first-order valence-electron chi connectivity index (χ1n) is 12.1. The van der Waals surface area contributed by atoms with E-state index in [1.165, 1.54) is 16.7 Å².